The van der Waals surface area contributed by atoms with Crippen molar-refractivity contribution in [3.05, 3.63) is 82.6 Å². The van der Waals surface area contributed by atoms with Gasteiger partial charge in [-0.05, 0) is 76.0 Å². The predicted molar refractivity (Wildman–Crippen MR) is 170 cm³/mol. The minimum absolute atomic E-state index is 0.0233. The van der Waals surface area contributed by atoms with E-state index in [0.717, 1.165) is 24.1 Å². The third-order valence-corrected chi connectivity index (χ3v) is 8.33. The quantitative estimate of drug-likeness (QED) is 0.0853. The Morgan fingerprint density at radius 3 is 2.26 bits per heavy atom. The van der Waals surface area contributed by atoms with Gasteiger partial charge in [0.2, 0.25) is 0 Å². The molecule has 1 rings (SSSR count). The van der Waals surface area contributed by atoms with Crippen molar-refractivity contribution in [2.24, 2.45) is 16.1 Å². The smallest absolute Gasteiger partial charge is 0.107 e. The van der Waals surface area contributed by atoms with Crippen molar-refractivity contribution >= 4 is 6.21 Å². The number of hydrogen-bond acceptors (Lipinski definition) is 4. The number of aliphatic imine (C=N–C) groups is 1. The molecule has 5 heteroatoms. The summed E-state index contributed by atoms with van der Waals surface area (Å²) in [4.78, 5) is 4.62. The van der Waals surface area contributed by atoms with Crippen LogP contribution in [0.1, 0.15) is 111 Å². The van der Waals surface area contributed by atoms with Gasteiger partial charge in [0.25, 0.3) is 0 Å². The first kappa shape index (κ1) is 34.4. The van der Waals surface area contributed by atoms with Gasteiger partial charge >= 0.3 is 0 Å². The fraction of sp³-hybridized carbons (Fsp3) is 0.559. The van der Waals surface area contributed by atoms with Gasteiger partial charge in [-0.1, -0.05) is 84.0 Å². The Bertz CT molecular complexity index is 1080. The first-order chi connectivity index (χ1) is 18.1. The molecule has 0 aliphatic carbocycles. The van der Waals surface area contributed by atoms with Crippen LogP contribution in [0.5, 0.6) is 0 Å². The number of nitrogens with zero attached hydrogens (tertiary/aromatic N) is 1. The Labute approximate surface area is 238 Å². The number of rotatable bonds is 16. The van der Waals surface area contributed by atoms with Crippen LogP contribution < -0.4 is 16.4 Å². The molecular formula is C34H55FN4. The van der Waals surface area contributed by atoms with Crippen LogP contribution in [0.2, 0.25) is 0 Å². The van der Waals surface area contributed by atoms with Crippen molar-refractivity contribution in [2.45, 2.75) is 112 Å². The Morgan fingerprint density at radius 2 is 1.77 bits per heavy atom. The second-order valence-corrected chi connectivity index (χ2v) is 11.8. The van der Waals surface area contributed by atoms with Crippen molar-refractivity contribution in [3.8, 4) is 0 Å². The molecule has 0 saturated carbocycles. The Hall–Kier alpha value is -2.66. The van der Waals surface area contributed by atoms with E-state index in [-0.39, 0.29) is 24.0 Å². The van der Waals surface area contributed by atoms with Crippen LogP contribution in [0.25, 0.3) is 0 Å². The highest BCUT2D eigenvalue weighted by Crippen LogP contribution is 2.44. The van der Waals surface area contributed by atoms with E-state index in [0.29, 0.717) is 11.2 Å². The number of halogens is 1. The molecule has 0 radical (unpaired) electrons. The second kappa shape index (κ2) is 15.2. The predicted octanol–water partition coefficient (Wildman–Crippen LogP) is 8.71. The van der Waals surface area contributed by atoms with Gasteiger partial charge in [0.15, 0.2) is 0 Å². The van der Waals surface area contributed by atoms with Crippen molar-refractivity contribution < 1.29 is 4.39 Å². The summed E-state index contributed by atoms with van der Waals surface area (Å²) in [6.45, 7) is 29.4. The monoisotopic (exact) mass is 538 g/mol. The highest BCUT2D eigenvalue weighted by molar-refractivity contribution is 5.57. The van der Waals surface area contributed by atoms with Gasteiger partial charge in [0.1, 0.15) is 11.6 Å². The van der Waals surface area contributed by atoms with Crippen LogP contribution in [0.3, 0.4) is 0 Å². The number of allylic oxidation sites excluding steroid dienone is 3. The van der Waals surface area contributed by atoms with E-state index < -0.39 is 5.83 Å². The van der Waals surface area contributed by atoms with E-state index in [1.54, 1.807) is 6.21 Å². The molecule has 0 spiro atoms. The lowest BCUT2D eigenvalue weighted by Gasteiger charge is -2.38. The zero-order chi connectivity index (χ0) is 30.0. The molecule has 39 heavy (non-hydrogen) atoms. The molecular weight excluding hydrogens is 483 g/mol. The summed E-state index contributed by atoms with van der Waals surface area (Å²) in [6.07, 6.45) is 8.18. The van der Waals surface area contributed by atoms with E-state index in [4.69, 9.17) is 5.73 Å². The molecule has 3 unspecified atom stereocenters. The molecule has 0 saturated heterocycles. The van der Waals surface area contributed by atoms with Crippen LogP contribution in [-0.2, 0) is 5.41 Å². The summed E-state index contributed by atoms with van der Waals surface area (Å²) < 4.78 is 13.0. The highest BCUT2D eigenvalue weighted by Gasteiger charge is 2.34. The van der Waals surface area contributed by atoms with Gasteiger partial charge in [-0.25, -0.2) is 4.39 Å². The van der Waals surface area contributed by atoms with Crippen LogP contribution in [0, 0.1) is 12.3 Å². The maximum Gasteiger partial charge on any atom is 0.107 e. The molecule has 1 aromatic carbocycles. The van der Waals surface area contributed by atoms with Crippen molar-refractivity contribution in [3.63, 3.8) is 0 Å². The van der Waals surface area contributed by atoms with Gasteiger partial charge in [0, 0.05) is 29.7 Å². The van der Waals surface area contributed by atoms with Crippen molar-refractivity contribution in [2.75, 3.05) is 6.54 Å². The summed E-state index contributed by atoms with van der Waals surface area (Å²) in [6, 6.07) is 6.89. The van der Waals surface area contributed by atoms with Crippen molar-refractivity contribution in [1.29, 1.82) is 0 Å². The zero-order valence-corrected chi connectivity index (χ0v) is 26.4. The van der Waals surface area contributed by atoms with E-state index in [1.165, 1.54) is 35.1 Å². The minimum atomic E-state index is -0.418. The first-order valence-corrected chi connectivity index (χ1v) is 14.4. The molecule has 0 aromatic heterocycles. The standard InChI is InChI=1S/C34H55FN4/c1-13-33(11,12)18-19-34(14-2,23(4)5)30-17-16-29(20-25(30)7)24(6)21-31(37-15-3)27(9)32(36)39-28(10)38-22-26(8)35/h15-17,20-21,24,28,38-39H,4,8,13-14,18-19,22,36H2,1-3,5-7,9-12H3/b31-21+,32-27+,37-15?. The van der Waals surface area contributed by atoms with Crippen molar-refractivity contribution in [1.82, 2.24) is 10.6 Å². The van der Waals surface area contributed by atoms with Crippen LogP contribution in [0.4, 0.5) is 4.39 Å². The topological polar surface area (TPSA) is 62.4 Å². The summed E-state index contributed by atoms with van der Waals surface area (Å²) in [7, 11) is 0. The molecule has 218 valence electrons. The lowest BCUT2D eigenvalue weighted by atomic mass is 9.66. The summed E-state index contributed by atoms with van der Waals surface area (Å²) in [5.41, 5.74) is 13.5. The first-order valence-electron chi connectivity index (χ1n) is 14.4. The Morgan fingerprint density at radius 1 is 1.13 bits per heavy atom. The number of nitrogens with two attached hydrogens (primary N) is 1. The third-order valence-electron chi connectivity index (χ3n) is 8.33. The molecule has 0 aliphatic rings. The summed E-state index contributed by atoms with van der Waals surface area (Å²) in [5.74, 6) is 0.210. The lowest BCUT2D eigenvalue weighted by molar-refractivity contribution is 0.273. The normalized spacial score (nSPS) is 16.4. The SMILES string of the molecule is C=C(F)CNC(C)N/C(N)=C(C)/C(=C\C(C)c1ccc(C(CC)(CCC(C)(C)CC)C(=C)C)c(C)c1)N=CC. The molecule has 0 aliphatic heterocycles. The maximum atomic E-state index is 13.0. The molecule has 1 aromatic rings. The molecule has 3 atom stereocenters. The molecule has 0 bridgehead atoms. The maximum absolute atomic E-state index is 13.0. The number of benzene rings is 1. The fourth-order valence-electron chi connectivity index (χ4n) is 5.01. The Balaban J connectivity index is 3.35. The van der Waals surface area contributed by atoms with Crippen LogP contribution in [0.15, 0.2) is 70.9 Å². The van der Waals surface area contributed by atoms with Gasteiger partial charge < -0.3 is 11.1 Å². The molecule has 4 nitrogen and oxygen atoms in total. The van der Waals surface area contributed by atoms with Crippen LogP contribution >= 0.6 is 0 Å². The van der Waals surface area contributed by atoms with E-state index in [9.17, 15) is 4.39 Å². The average molecular weight is 539 g/mol. The zero-order valence-electron chi connectivity index (χ0n) is 26.4. The number of nitrogens with one attached hydrogen (secondary N) is 2. The number of aryl methyl sites for hydroxylation is 1. The highest BCUT2D eigenvalue weighted by atomic mass is 19.1. The van der Waals surface area contributed by atoms with Gasteiger partial charge in [0.05, 0.1) is 11.9 Å². The molecule has 0 heterocycles. The van der Waals surface area contributed by atoms with E-state index >= 15 is 0 Å². The van der Waals surface area contributed by atoms with Gasteiger partial charge in [-0.3, -0.25) is 10.3 Å². The van der Waals surface area contributed by atoms with E-state index in [1.807, 2.05) is 20.8 Å². The number of hydrogen-bond donors (Lipinski definition) is 3. The van der Waals surface area contributed by atoms with E-state index in [2.05, 4.69) is 102 Å². The summed E-state index contributed by atoms with van der Waals surface area (Å²) >= 11 is 0. The van der Waals surface area contributed by atoms with Crippen LogP contribution in [-0.4, -0.2) is 18.9 Å². The lowest BCUT2D eigenvalue weighted by Crippen LogP contribution is -2.42. The Kier molecular flexibility index (Phi) is 13.4. The largest absolute Gasteiger partial charge is 0.385 e. The average Bonchev–Trinajstić information content (AvgIpc) is 2.87. The fourth-order valence-corrected chi connectivity index (χ4v) is 5.01. The van der Waals surface area contributed by atoms with Gasteiger partial charge in [-0.15, -0.1) is 0 Å². The van der Waals surface area contributed by atoms with Gasteiger partial charge in [-0.2, -0.15) is 0 Å². The molecule has 4 N–H and O–H groups in total. The second-order valence-electron chi connectivity index (χ2n) is 11.8. The minimum Gasteiger partial charge on any atom is -0.385 e. The molecule has 0 fully saturated rings. The summed E-state index contributed by atoms with van der Waals surface area (Å²) in [5, 5.41) is 6.18. The molecule has 0 amide bonds. The third kappa shape index (κ3) is 9.79.